The van der Waals surface area contributed by atoms with E-state index in [0.29, 0.717) is 41.4 Å². The number of carbonyl (C=O) groups excluding carboxylic acids is 1. The second-order valence-corrected chi connectivity index (χ2v) is 8.70. The minimum atomic E-state index is -0.0838. The summed E-state index contributed by atoms with van der Waals surface area (Å²) >= 11 is 1.29. The molecule has 32 heavy (non-hydrogen) atoms. The summed E-state index contributed by atoms with van der Waals surface area (Å²) < 4.78 is 11.7. The highest BCUT2D eigenvalue weighted by molar-refractivity contribution is 7.18. The lowest BCUT2D eigenvalue weighted by Crippen LogP contribution is -2.49. The Balaban J connectivity index is 1.67. The zero-order chi connectivity index (χ0) is 22.8. The summed E-state index contributed by atoms with van der Waals surface area (Å²) in [6.45, 7) is 5.33. The van der Waals surface area contributed by atoms with E-state index in [9.17, 15) is 4.79 Å². The van der Waals surface area contributed by atoms with Gasteiger partial charge in [0.25, 0.3) is 5.91 Å². The molecule has 0 spiro atoms. The van der Waals surface area contributed by atoms with Gasteiger partial charge in [0, 0.05) is 26.2 Å². The predicted molar refractivity (Wildman–Crippen MR) is 122 cm³/mol. The van der Waals surface area contributed by atoms with Crippen molar-refractivity contribution in [2.45, 2.75) is 26.0 Å². The van der Waals surface area contributed by atoms with Crippen molar-refractivity contribution in [3.8, 4) is 22.5 Å². The third kappa shape index (κ3) is 4.63. The molecule has 1 aromatic carbocycles. The summed E-state index contributed by atoms with van der Waals surface area (Å²) in [5.41, 5.74) is 6.37. The van der Waals surface area contributed by atoms with Gasteiger partial charge in [-0.3, -0.25) is 4.79 Å². The van der Waals surface area contributed by atoms with Crippen molar-refractivity contribution < 1.29 is 14.3 Å². The number of amides is 1. The van der Waals surface area contributed by atoms with Crippen molar-refractivity contribution in [3.63, 3.8) is 0 Å². The number of benzene rings is 1. The fourth-order valence-electron chi connectivity index (χ4n) is 3.27. The Bertz CT molecular complexity index is 1100. The van der Waals surface area contributed by atoms with E-state index >= 15 is 0 Å². The van der Waals surface area contributed by atoms with Crippen LogP contribution in [0.3, 0.4) is 0 Å². The van der Waals surface area contributed by atoms with Gasteiger partial charge in [-0.15, -0.1) is 0 Å². The molecule has 0 radical (unpaired) electrons. The van der Waals surface area contributed by atoms with E-state index in [-0.39, 0.29) is 24.1 Å². The van der Waals surface area contributed by atoms with E-state index in [1.807, 2.05) is 6.92 Å². The number of carbonyl (C=O) groups is 1. The zero-order valence-electron chi connectivity index (χ0n) is 18.3. The van der Waals surface area contributed by atoms with Crippen LogP contribution in [0.2, 0.25) is 0 Å². The van der Waals surface area contributed by atoms with E-state index < -0.39 is 0 Å². The highest BCUT2D eigenvalue weighted by atomic mass is 32.1. The smallest absolute Gasteiger partial charge is 0.327 e. The molecule has 3 aromatic rings. The van der Waals surface area contributed by atoms with E-state index in [1.165, 1.54) is 16.2 Å². The Labute approximate surface area is 190 Å². The van der Waals surface area contributed by atoms with Crippen LogP contribution < -0.4 is 15.4 Å². The zero-order valence-corrected chi connectivity index (χ0v) is 19.2. The Morgan fingerprint density at radius 3 is 2.62 bits per heavy atom. The van der Waals surface area contributed by atoms with Gasteiger partial charge in [-0.2, -0.15) is 15.0 Å². The molecule has 2 aromatic heterocycles. The molecule has 1 amide bonds. The second-order valence-electron chi connectivity index (χ2n) is 7.64. The maximum atomic E-state index is 12.1. The monoisotopic (exact) mass is 455 g/mol. The fraction of sp³-hybridized carbons (Fsp3) is 0.381. The van der Waals surface area contributed by atoms with E-state index in [4.69, 9.17) is 15.2 Å². The first-order valence-electron chi connectivity index (χ1n) is 10.2. The van der Waals surface area contributed by atoms with Gasteiger partial charge in [0.15, 0.2) is 11.0 Å². The maximum Gasteiger partial charge on any atom is 0.327 e. The number of aromatic nitrogens is 4. The summed E-state index contributed by atoms with van der Waals surface area (Å²) in [6, 6.07) is 7.06. The topological polar surface area (TPSA) is 120 Å². The molecule has 168 valence electrons. The number of nitrogen functional groups attached to an aromatic ring is 1. The summed E-state index contributed by atoms with van der Waals surface area (Å²) in [5.74, 6) is 1.36. The molecule has 1 aliphatic rings. The van der Waals surface area contributed by atoms with Gasteiger partial charge in [0.2, 0.25) is 5.95 Å². The Kier molecular flexibility index (Phi) is 6.19. The van der Waals surface area contributed by atoms with Gasteiger partial charge in [-0.1, -0.05) is 11.3 Å². The number of morpholine rings is 1. The Morgan fingerprint density at radius 2 is 1.97 bits per heavy atom. The molecule has 2 N–H and O–H groups in total. The normalized spacial score (nSPS) is 18.4. The van der Waals surface area contributed by atoms with Crippen molar-refractivity contribution in [3.05, 3.63) is 36.0 Å². The van der Waals surface area contributed by atoms with Gasteiger partial charge >= 0.3 is 6.01 Å². The van der Waals surface area contributed by atoms with Crippen molar-refractivity contribution in [2.24, 2.45) is 0 Å². The van der Waals surface area contributed by atoms with Crippen LogP contribution in [0.1, 0.15) is 24.2 Å². The standard InChI is InChI=1S/C21H25N7O3S/c1-12-13(2)30-10-9-28(12)20-24-17(16-11-23-19(22)32-16)25-21(26-20)31-15-7-5-14(6-8-15)18(29)27(3)4/h5-8,11-13H,9-10H2,1-4H3,(H2,22,23)/t12-,13-/m0/s1. The average Bonchev–Trinajstić information content (AvgIpc) is 3.22. The number of thiazole rings is 1. The maximum absolute atomic E-state index is 12.1. The molecule has 1 fully saturated rings. The lowest BCUT2D eigenvalue weighted by molar-refractivity contribution is 0.0277. The number of rotatable bonds is 5. The van der Waals surface area contributed by atoms with E-state index in [0.717, 1.165) is 4.88 Å². The molecule has 1 saturated heterocycles. The van der Waals surface area contributed by atoms with Crippen LogP contribution >= 0.6 is 11.3 Å². The molecule has 10 nitrogen and oxygen atoms in total. The fourth-order valence-corrected chi connectivity index (χ4v) is 3.88. The van der Waals surface area contributed by atoms with Crippen molar-refractivity contribution in [1.29, 1.82) is 0 Å². The quantitative estimate of drug-likeness (QED) is 0.619. The number of hydrogen-bond donors (Lipinski definition) is 1. The molecule has 2 atom stereocenters. The predicted octanol–water partition coefficient (Wildman–Crippen LogP) is 2.69. The van der Waals surface area contributed by atoms with Crippen molar-refractivity contribution in [1.82, 2.24) is 24.8 Å². The van der Waals surface area contributed by atoms with Crippen LogP contribution in [0.15, 0.2) is 30.5 Å². The van der Waals surface area contributed by atoms with E-state index in [2.05, 4.69) is 31.8 Å². The van der Waals surface area contributed by atoms with Crippen LogP contribution in [-0.2, 0) is 4.74 Å². The minimum absolute atomic E-state index is 0.0363. The second kappa shape index (κ2) is 9.05. The number of anilines is 2. The Hall–Kier alpha value is -3.31. The SMILES string of the molecule is C[C@@H]1OCCN(c2nc(Oc3ccc(C(=O)N(C)C)cc3)nc(-c3cnc(N)s3)n2)[C@H]1C. The van der Waals surface area contributed by atoms with Gasteiger partial charge in [0.1, 0.15) is 5.75 Å². The van der Waals surface area contributed by atoms with Crippen molar-refractivity contribution >= 4 is 28.3 Å². The first-order chi connectivity index (χ1) is 15.3. The molecular weight excluding hydrogens is 430 g/mol. The number of nitrogens with two attached hydrogens (primary N) is 1. The lowest BCUT2D eigenvalue weighted by Gasteiger charge is -2.37. The molecule has 1 aliphatic heterocycles. The van der Waals surface area contributed by atoms with Gasteiger partial charge < -0.3 is 25.0 Å². The molecule has 0 saturated carbocycles. The van der Waals surface area contributed by atoms with E-state index in [1.54, 1.807) is 44.6 Å². The molecule has 3 heterocycles. The van der Waals surface area contributed by atoms with Gasteiger partial charge in [-0.25, -0.2) is 4.98 Å². The molecule has 0 unspecified atom stereocenters. The lowest BCUT2D eigenvalue weighted by atomic mass is 10.1. The number of ether oxygens (including phenoxy) is 2. The van der Waals surface area contributed by atoms with Crippen LogP contribution in [0.25, 0.3) is 10.7 Å². The third-order valence-corrected chi connectivity index (χ3v) is 6.03. The average molecular weight is 456 g/mol. The number of nitrogens with zero attached hydrogens (tertiary/aromatic N) is 6. The molecule has 4 rings (SSSR count). The number of hydrogen-bond acceptors (Lipinski definition) is 10. The van der Waals surface area contributed by atoms with Gasteiger partial charge in [-0.05, 0) is 38.1 Å². The molecular formula is C21H25N7O3S. The third-order valence-electron chi connectivity index (χ3n) is 5.20. The molecule has 11 heteroatoms. The summed E-state index contributed by atoms with van der Waals surface area (Å²) in [7, 11) is 3.42. The van der Waals surface area contributed by atoms with Crippen molar-refractivity contribution in [2.75, 3.05) is 37.9 Å². The summed E-state index contributed by atoms with van der Waals surface area (Å²) in [6.07, 6.45) is 1.67. The summed E-state index contributed by atoms with van der Waals surface area (Å²) in [4.78, 5) is 34.2. The first kappa shape index (κ1) is 21.9. The van der Waals surface area contributed by atoms with Crippen LogP contribution in [0, 0.1) is 0 Å². The van der Waals surface area contributed by atoms with Crippen LogP contribution in [0.5, 0.6) is 11.8 Å². The Morgan fingerprint density at radius 1 is 1.22 bits per heavy atom. The highest BCUT2D eigenvalue weighted by Gasteiger charge is 2.28. The first-order valence-corrected chi connectivity index (χ1v) is 11.0. The molecule has 0 bridgehead atoms. The van der Waals surface area contributed by atoms with Crippen LogP contribution in [-0.4, -0.2) is 70.1 Å². The highest BCUT2D eigenvalue weighted by Crippen LogP contribution is 2.30. The molecule has 0 aliphatic carbocycles. The summed E-state index contributed by atoms with van der Waals surface area (Å²) in [5, 5.41) is 0.430. The van der Waals surface area contributed by atoms with Gasteiger partial charge in [0.05, 0.1) is 29.8 Å². The largest absolute Gasteiger partial charge is 0.424 e. The van der Waals surface area contributed by atoms with Crippen LogP contribution in [0.4, 0.5) is 11.1 Å². The minimum Gasteiger partial charge on any atom is -0.424 e.